The highest BCUT2D eigenvalue weighted by Crippen LogP contribution is 1.82. The molecule has 0 aromatic rings. The van der Waals surface area contributed by atoms with Crippen molar-refractivity contribution < 1.29 is 20.5 Å². The number of aliphatic hydroxyl groups is 1. The molecule has 0 unspecified atom stereocenters. The van der Waals surface area contributed by atoms with Gasteiger partial charge in [-0.3, -0.25) is 4.79 Å². The number of rotatable bonds is 2. The van der Waals surface area contributed by atoms with E-state index in [1.54, 1.807) is 13.8 Å². The lowest BCUT2D eigenvalue weighted by molar-refractivity contribution is -0.137. The highest BCUT2D eigenvalue weighted by atomic mass is 16.4. The maximum absolute atomic E-state index is 9.60. The Bertz CT molecular complexity index is 82.7. The number of carboxylic acid groups (broad SMARTS) is 1. The molecular formula is C7H21NO4. The van der Waals surface area contributed by atoms with Gasteiger partial charge in [-0.2, -0.15) is 0 Å². The van der Waals surface area contributed by atoms with Gasteiger partial charge in [0, 0.05) is 12.5 Å². The van der Waals surface area contributed by atoms with Crippen molar-refractivity contribution in [1.29, 1.82) is 0 Å². The predicted molar refractivity (Wildman–Crippen MR) is 48.5 cm³/mol. The second-order valence-electron chi connectivity index (χ2n) is 2.24. The molecule has 0 aliphatic heterocycles. The first-order valence-corrected chi connectivity index (χ1v) is 3.40. The molecule has 0 radical (unpaired) electrons. The molecule has 0 fully saturated rings. The van der Waals surface area contributed by atoms with Crippen LogP contribution in [-0.4, -0.2) is 27.8 Å². The molecule has 5 heteroatoms. The van der Waals surface area contributed by atoms with E-state index in [1.807, 2.05) is 6.92 Å². The van der Waals surface area contributed by atoms with Crippen LogP contribution in [0.3, 0.4) is 0 Å². The molecule has 0 rings (SSSR count). The average molecular weight is 183 g/mol. The van der Waals surface area contributed by atoms with Crippen molar-refractivity contribution in [3.8, 4) is 0 Å². The van der Waals surface area contributed by atoms with Gasteiger partial charge in [-0.15, -0.1) is 0 Å². The predicted octanol–water partition coefficient (Wildman–Crippen LogP) is 0.595. The van der Waals surface area contributed by atoms with E-state index < -0.39 is 5.97 Å². The second-order valence-corrected chi connectivity index (χ2v) is 2.24. The second kappa shape index (κ2) is 16.7. The smallest absolute Gasteiger partial charge is 0.303 e. The van der Waals surface area contributed by atoms with E-state index in [0.29, 0.717) is 6.42 Å². The summed E-state index contributed by atoms with van der Waals surface area (Å²) in [5, 5.41) is 16.0. The molecule has 0 spiro atoms. The van der Waals surface area contributed by atoms with E-state index in [4.69, 9.17) is 10.2 Å². The van der Waals surface area contributed by atoms with Crippen LogP contribution >= 0.6 is 0 Å². The van der Waals surface area contributed by atoms with E-state index >= 15 is 0 Å². The quantitative estimate of drug-likeness (QED) is 0.579. The van der Waals surface area contributed by atoms with Crippen molar-refractivity contribution in [3.63, 3.8) is 0 Å². The molecule has 0 saturated heterocycles. The molecule has 0 aromatic carbocycles. The summed E-state index contributed by atoms with van der Waals surface area (Å²) in [4.78, 5) is 9.60. The van der Waals surface area contributed by atoms with Crippen molar-refractivity contribution in [2.75, 3.05) is 0 Å². The summed E-state index contributed by atoms with van der Waals surface area (Å²) in [5.41, 5.74) is 0. The van der Waals surface area contributed by atoms with Crippen molar-refractivity contribution in [3.05, 3.63) is 0 Å². The Morgan fingerprint density at radius 3 is 1.67 bits per heavy atom. The Morgan fingerprint density at radius 2 is 1.67 bits per heavy atom. The number of hydrogen-bond donors (Lipinski definition) is 3. The SMILES string of the molecule is CC(C)O.CCCC(=O)O.N.O. The Hall–Kier alpha value is -0.650. The molecule has 0 aliphatic carbocycles. The minimum Gasteiger partial charge on any atom is -0.481 e. The molecule has 7 N–H and O–H groups in total. The lowest BCUT2D eigenvalue weighted by atomic mass is 10.4. The van der Waals surface area contributed by atoms with Crippen LogP contribution < -0.4 is 6.15 Å². The van der Waals surface area contributed by atoms with Gasteiger partial charge < -0.3 is 21.8 Å². The number of aliphatic hydroxyl groups excluding tert-OH is 1. The maximum atomic E-state index is 9.60. The van der Waals surface area contributed by atoms with Gasteiger partial charge in [-0.25, -0.2) is 0 Å². The van der Waals surface area contributed by atoms with Gasteiger partial charge in [0.15, 0.2) is 0 Å². The summed E-state index contributed by atoms with van der Waals surface area (Å²) in [6, 6.07) is 0. The summed E-state index contributed by atoms with van der Waals surface area (Å²) < 4.78 is 0. The largest absolute Gasteiger partial charge is 0.481 e. The van der Waals surface area contributed by atoms with Crippen LogP contribution in [-0.2, 0) is 4.79 Å². The van der Waals surface area contributed by atoms with Crippen LogP contribution in [0.2, 0.25) is 0 Å². The lowest BCUT2D eigenvalue weighted by Gasteiger charge is -1.80. The number of hydrogen-bond acceptors (Lipinski definition) is 3. The van der Waals surface area contributed by atoms with Crippen molar-refractivity contribution >= 4 is 5.97 Å². The van der Waals surface area contributed by atoms with Crippen LogP contribution in [0.25, 0.3) is 0 Å². The number of aliphatic carboxylic acids is 1. The normalized spacial score (nSPS) is 7.08. The molecule has 5 nitrogen and oxygen atoms in total. The van der Waals surface area contributed by atoms with Gasteiger partial charge >= 0.3 is 5.97 Å². The minimum atomic E-state index is -0.711. The first-order valence-electron chi connectivity index (χ1n) is 3.40. The van der Waals surface area contributed by atoms with Gasteiger partial charge in [0.2, 0.25) is 0 Å². The van der Waals surface area contributed by atoms with Crippen LogP contribution in [0.1, 0.15) is 33.6 Å². The maximum Gasteiger partial charge on any atom is 0.303 e. The zero-order valence-electron chi connectivity index (χ0n) is 8.00. The third-order valence-corrected chi connectivity index (χ3v) is 0.464. The summed E-state index contributed by atoms with van der Waals surface area (Å²) in [7, 11) is 0. The Balaban J connectivity index is -0.0000000483. The molecule has 0 aromatic heterocycles. The third-order valence-electron chi connectivity index (χ3n) is 0.464. The summed E-state index contributed by atoms with van der Waals surface area (Å²) >= 11 is 0. The van der Waals surface area contributed by atoms with E-state index in [9.17, 15) is 4.79 Å². The highest BCUT2D eigenvalue weighted by Gasteiger charge is 1.87. The Morgan fingerprint density at radius 1 is 1.42 bits per heavy atom. The van der Waals surface area contributed by atoms with Crippen molar-refractivity contribution in [2.24, 2.45) is 0 Å². The third kappa shape index (κ3) is 118. The van der Waals surface area contributed by atoms with E-state index in [0.717, 1.165) is 6.42 Å². The summed E-state index contributed by atoms with van der Waals surface area (Å²) in [5.74, 6) is -0.711. The molecule has 0 amide bonds. The fraction of sp³-hybridized carbons (Fsp3) is 0.857. The van der Waals surface area contributed by atoms with Gasteiger partial charge in [0.1, 0.15) is 0 Å². The Labute approximate surface area is 73.3 Å². The monoisotopic (exact) mass is 183 g/mol. The van der Waals surface area contributed by atoms with Gasteiger partial charge in [0.25, 0.3) is 0 Å². The minimum absolute atomic E-state index is 0. The van der Waals surface area contributed by atoms with E-state index in [2.05, 4.69) is 0 Å². The van der Waals surface area contributed by atoms with Crippen LogP contribution in [0.5, 0.6) is 0 Å². The highest BCUT2D eigenvalue weighted by molar-refractivity contribution is 5.66. The van der Waals surface area contributed by atoms with Crippen LogP contribution in [0.15, 0.2) is 0 Å². The molecule has 0 aliphatic rings. The fourth-order valence-electron chi connectivity index (χ4n) is 0.214. The molecule has 12 heavy (non-hydrogen) atoms. The zero-order chi connectivity index (χ0) is 8.57. The zero-order valence-corrected chi connectivity index (χ0v) is 8.00. The molecule has 0 heterocycles. The standard InChI is InChI=1S/C4H8O2.C3H8O.H3N.H2O/c1-2-3-4(5)6;1-3(2)4;;/h2-3H2,1H3,(H,5,6);3-4H,1-2H3;1H3;1H2. The molecule has 0 bridgehead atoms. The lowest BCUT2D eigenvalue weighted by Crippen LogP contribution is -1.90. The van der Waals surface area contributed by atoms with Gasteiger partial charge in [-0.1, -0.05) is 6.92 Å². The van der Waals surface area contributed by atoms with Crippen LogP contribution in [0, 0.1) is 0 Å². The first kappa shape index (κ1) is 22.5. The summed E-state index contributed by atoms with van der Waals surface area (Å²) in [6.45, 7) is 5.29. The van der Waals surface area contributed by atoms with E-state index in [1.165, 1.54) is 0 Å². The number of carbonyl (C=O) groups is 1. The molecule has 0 saturated carbocycles. The fourth-order valence-corrected chi connectivity index (χ4v) is 0.214. The molecular weight excluding hydrogens is 162 g/mol. The average Bonchev–Trinajstić information content (AvgIpc) is 1.62. The first-order chi connectivity index (χ1) is 4.50. The van der Waals surface area contributed by atoms with Gasteiger partial charge in [0.05, 0.1) is 0 Å². The topological polar surface area (TPSA) is 124 Å². The van der Waals surface area contributed by atoms with Crippen molar-refractivity contribution in [1.82, 2.24) is 6.15 Å². The van der Waals surface area contributed by atoms with Crippen molar-refractivity contribution in [2.45, 2.75) is 39.7 Å². The molecule has 0 atom stereocenters. The van der Waals surface area contributed by atoms with Gasteiger partial charge in [-0.05, 0) is 20.3 Å². The molecule has 78 valence electrons. The van der Waals surface area contributed by atoms with E-state index in [-0.39, 0.29) is 17.7 Å². The summed E-state index contributed by atoms with van der Waals surface area (Å²) in [6.07, 6.45) is 0.856. The Kier molecular flexibility index (Phi) is 31.4. The van der Waals surface area contributed by atoms with Crippen LogP contribution in [0.4, 0.5) is 0 Å². The number of carboxylic acids is 1.